The molecule has 1 N–H and O–H groups in total. The molecule has 0 unspecified atom stereocenters. The van der Waals surface area contributed by atoms with Gasteiger partial charge in [0, 0.05) is 23.8 Å². The maximum absolute atomic E-state index is 4.39. The maximum atomic E-state index is 4.39. The van der Waals surface area contributed by atoms with Crippen LogP contribution in [0.15, 0.2) is 6.20 Å². The van der Waals surface area contributed by atoms with Crippen LogP contribution in [0.25, 0.3) is 0 Å². The van der Waals surface area contributed by atoms with Crippen molar-refractivity contribution in [3.05, 3.63) is 17.5 Å². The third kappa shape index (κ3) is 4.14. The lowest BCUT2D eigenvalue weighted by atomic mass is 10.2. The van der Waals surface area contributed by atoms with Crippen molar-refractivity contribution >= 4 is 12.4 Å². The summed E-state index contributed by atoms with van der Waals surface area (Å²) < 4.78 is 2.08. The lowest BCUT2D eigenvalue weighted by molar-refractivity contribution is 0.517. The number of unbranched alkanes of at least 4 members (excludes halogenated alkanes) is 1. The molecule has 0 aliphatic rings. The van der Waals surface area contributed by atoms with E-state index in [1.807, 2.05) is 6.20 Å². The highest BCUT2D eigenvalue weighted by Crippen LogP contribution is 2.12. The van der Waals surface area contributed by atoms with Gasteiger partial charge in [-0.05, 0) is 33.7 Å². The largest absolute Gasteiger partial charge is 0.313 e. The second-order valence-electron chi connectivity index (χ2n) is 4.32. The fourth-order valence-corrected chi connectivity index (χ4v) is 1.68. The Morgan fingerprint density at radius 2 is 2.12 bits per heavy atom. The van der Waals surface area contributed by atoms with Gasteiger partial charge in [0.25, 0.3) is 0 Å². The van der Waals surface area contributed by atoms with Crippen molar-refractivity contribution < 1.29 is 0 Å². The molecular weight excluding hydrogens is 222 g/mol. The highest BCUT2D eigenvalue weighted by atomic mass is 35.5. The van der Waals surface area contributed by atoms with Crippen LogP contribution in [0.4, 0.5) is 0 Å². The second kappa shape index (κ2) is 7.69. The molecule has 0 amide bonds. The Kier molecular flexibility index (Phi) is 7.43. The number of halogens is 1. The predicted molar refractivity (Wildman–Crippen MR) is 71.2 cm³/mol. The summed E-state index contributed by atoms with van der Waals surface area (Å²) in [7, 11) is 0. The van der Waals surface area contributed by atoms with Gasteiger partial charge < -0.3 is 5.32 Å². The van der Waals surface area contributed by atoms with Gasteiger partial charge in [-0.1, -0.05) is 13.3 Å². The first-order valence-corrected chi connectivity index (χ1v) is 5.90. The van der Waals surface area contributed by atoms with E-state index in [9.17, 15) is 0 Å². The van der Waals surface area contributed by atoms with Crippen molar-refractivity contribution in [1.29, 1.82) is 0 Å². The van der Waals surface area contributed by atoms with Gasteiger partial charge in [-0.15, -0.1) is 12.4 Å². The van der Waals surface area contributed by atoms with Gasteiger partial charge in [0.05, 0.1) is 6.20 Å². The zero-order valence-corrected chi connectivity index (χ0v) is 11.6. The number of rotatable bonds is 6. The molecule has 1 aromatic heterocycles. The zero-order chi connectivity index (χ0) is 11.3. The highest BCUT2D eigenvalue weighted by Gasteiger charge is 2.07. The summed E-state index contributed by atoms with van der Waals surface area (Å²) in [6, 6.07) is 0.453. The fraction of sp³-hybridized carbons (Fsp3) is 0.750. The average Bonchev–Trinajstić information content (AvgIpc) is 2.55. The van der Waals surface area contributed by atoms with Crippen molar-refractivity contribution in [1.82, 2.24) is 15.1 Å². The summed E-state index contributed by atoms with van der Waals surface area (Å²) in [5.74, 6) is 0. The van der Waals surface area contributed by atoms with E-state index in [-0.39, 0.29) is 12.4 Å². The van der Waals surface area contributed by atoms with Crippen molar-refractivity contribution in [2.45, 2.75) is 53.1 Å². The molecule has 4 heteroatoms. The lowest BCUT2D eigenvalue weighted by Crippen LogP contribution is -2.15. The monoisotopic (exact) mass is 245 g/mol. The van der Waals surface area contributed by atoms with Crippen LogP contribution in [0.3, 0.4) is 0 Å². The van der Waals surface area contributed by atoms with Crippen molar-refractivity contribution in [2.75, 3.05) is 6.54 Å². The Hall–Kier alpha value is -0.540. The molecule has 0 saturated carbocycles. The van der Waals surface area contributed by atoms with E-state index < -0.39 is 0 Å². The van der Waals surface area contributed by atoms with Gasteiger partial charge in [0.1, 0.15) is 0 Å². The zero-order valence-electron chi connectivity index (χ0n) is 10.8. The normalized spacial score (nSPS) is 10.6. The Labute approximate surface area is 105 Å². The smallest absolute Gasteiger partial charge is 0.0537 e. The van der Waals surface area contributed by atoms with Gasteiger partial charge in [-0.25, -0.2) is 0 Å². The molecule has 1 rings (SSSR count). The second-order valence-corrected chi connectivity index (χ2v) is 4.32. The first kappa shape index (κ1) is 15.5. The molecule has 0 bridgehead atoms. The van der Waals surface area contributed by atoms with Gasteiger partial charge in [0.15, 0.2) is 0 Å². The average molecular weight is 246 g/mol. The summed E-state index contributed by atoms with van der Waals surface area (Å²) in [5.41, 5.74) is 2.61. The van der Waals surface area contributed by atoms with Crippen molar-refractivity contribution in [2.24, 2.45) is 0 Å². The Morgan fingerprint density at radius 3 is 2.62 bits per heavy atom. The van der Waals surface area contributed by atoms with Crippen LogP contribution in [-0.4, -0.2) is 16.3 Å². The topological polar surface area (TPSA) is 29.9 Å². The summed E-state index contributed by atoms with van der Waals surface area (Å²) in [5, 5.41) is 7.83. The Balaban J connectivity index is 0.00000225. The van der Waals surface area contributed by atoms with Crippen molar-refractivity contribution in [3.63, 3.8) is 0 Å². The first-order chi connectivity index (χ1) is 7.16. The van der Waals surface area contributed by atoms with Crippen LogP contribution >= 0.6 is 12.4 Å². The third-order valence-corrected chi connectivity index (χ3v) is 2.66. The molecule has 0 radical (unpaired) electrons. The SMILES string of the molecule is CCCCNCc1cnn(C(C)C)c1C.Cl. The number of nitrogens with one attached hydrogen (secondary N) is 1. The standard InChI is InChI=1S/C12H23N3.ClH/c1-5-6-7-13-8-12-9-14-15(10(2)3)11(12)4;/h9-10,13H,5-8H2,1-4H3;1H. The Bertz CT molecular complexity index is 294. The van der Waals surface area contributed by atoms with Gasteiger partial charge in [0.2, 0.25) is 0 Å². The molecule has 0 fully saturated rings. The predicted octanol–water partition coefficient (Wildman–Crippen LogP) is 3.08. The van der Waals surface area contributed by atoms with Crippen LogP contribution in [-0.2, 0) is 6.54 Å². The number of aromatic nitrogens is 2. The third-order valence-electron chi connectivity index (χ3n) is 2.66. The van der Waals surface area contributed by atoms with E-state index in [0.717, 1.165) is 13.1 Å². The molecule has 0 aliphatic heterocycles. The quantitative estimate of drug-likeness (QED) is 0.781. The summed E-state index contributed by atoms with van der Waals surface area (Å²) in [6.45, 7) is 10.7. The Morgan fingerprint density at radius 1 is 1.44 bits per heavy atom. The highest BCUT2D eigenvalue weighted by molar-refractivity contribution is 5.85. The molecule has 0 saturated heterocycles. The summed E-state index contributed by atoms with van der Waals surface area (Å²) in [4.78, 5) is 0. The van der Waals surface area contributed by atoms with Crippen LogP contribution in [0.1, 0.15) is 50.9 Å². The summed E-state index contributed by atoms with van der Waals surface area (Å²) in [6.07, 6.45) is 4.48. The van der Waals surface area contributed by atoms with E-state index in [1.54, 1.807) is 0 Å². The molecule has 1 aromatic rings. The van der Waals surface area contributed by atoms with Gasteiger partial charge in [-0.2, -0.15) is 5.10 Å². The van der Waals surface area contributed by atoms with E-state index in [1.165, 1.54) is 24.1 Å². The molecule has 1 heterocycles. The first-order valence-electron chi connectivity index (χ1n) is 5.90. The van der Waals surface area contributed by atoms with Crippen LogP contribution in [0.5, 0.6) is 0 Å². The van der Waals surface area contributed by atoms with Gasteiger partial charge >= 0.3 is 0 Å². The minimum atomic E-state index is 0. The number of hydrogen-bond donors (Lipinski definition) is 1. The molecule has 0 aliphatic carbocycles. The minimum absolute atomic E-state index is 0. The fourth-order valence-electron chi connectivity index (χ4n) is 1.68. The number of nitrogens with zero attached hydrogens (tertiary/aromatic N) is 2. The molecular formula is C12H24ClN3. The van der Waals surface area contributed by atoms with Crippen molar-refractivity contribution in [3.8, 4) is 0 Å². The number of hydrogen-bond acceptors (Lipinski definition) is 2. The molecule has 94 valence electrons. The van der Waals surface area contributed by atoms with Crippen LogP contribution < -0.4 is 5.32 Å². The summed E-state index contributed by atoms with van der Waals surface area (Å²) >= 11 is 0. The minimum Gasteiger partial charge on any atom is -0.313 e. The van der Waals surface area contributed by atoms with Crippen LogP contribution in [0, 0.1) is 6.92 Å². The van der Waals surface area contributed by atoms with E-state index in [4.69, 9.17) is 0 Å². The lowest BCUT2D eigenvalue weighted by Gasteiger charge is -2.09. The molecule has 0 aromatic carbocycles. The van der Waals surface area contributed by atoms with Gasteiger partial charge in [-0.3, -0.25) is 4.68 Å². The maximum Gasteiger partial charge on any atom is 0.0537 e. The van der Waals surface area contributed by atoms with E-state index >= 15 is 0 Å². The van der Waals surface area contributed by atoms with E-state index in [2.05, 4.69) is 42.8 Å². The van der Waals surface area contributed by atoms with Crippen LogP contribution in [0.2, 0.25) is 0 Å². The molecule has 16 heavy (non-hydrogen) atoms. The van der Waals surface area contributed by atoms with E-state index in [0.29, 0.717) is 6.04 Å². The molecule has 0 spiro atoms. The molecule has 3 nitrogen and oxygen atoms in total. The molecule has 0 atom stereocenters.